The minimum Gasteiger partial charge on any atom is -0.374 e. The van der Waals surface area contributed by atoms with Crippen LogP contribution in [0.1, 0.15) is 25.5 Å². The summed E-state index contributed by atoms with van der Waals surface area (Å²) in [7, 11) is 0. The molecule has 0 N–H and O–H groups in total. The molecule has 0 aliphatic heterocycles. The molecule has 0 saturated carbocycles. The number of fused-ring (bicyclic) bond motifs is 1. The molecule has 0 spiro atoms. The Balaban J connectivity index is 2.45. The van der Waals surface area contributed by atoms with Gasteiger partial charge in [-0.25, -0.2) is 4.98 Å². The standard InChI is InChI=1S/C11H13NOS/c1-3-13-8(2)9-4-6-12-11-10(9)5-7-14-11/h4-8H,3H2,1-2H3. The van der Waals surface area contributed by atoms with Crippen molar-refractivity contribution >= 4 is 21.6 Å². The number of nitrogens with zero attached hydrogens (tertiary/aromatic N) is 1. The Morgan fingerprint density at radius 2 is 2.36 bits per heavy atom. The van der Waals surface area contributed by atoms with E-state index in [4.69, 9.17) is 4.74 Å². The predicted molar refractivity (Wildman–Crippen MR) is 59.7 cm³/mol. The van der Waals surface area contributed by atoms with Crippen LogP contribution in [-0.4, -0.2) is 11.6 Å². The highest BCUT2D eigenvalue weighted by Crippen LogP contribution is 2.27. The van der Waals surface area contributed by atoms with Crippen molar-refractivity contribution in [3.05, 3.63) is 29.3 Å². The number of rotatable bonds is 3. The molecule has 3 heteroatoms. The van der Waals surface area contributed by atoms with Crippen molar-refractivity contribution in [1.29, 1.82) is 0 Å². The second kappa shape index (κ2) is 4.07. The van der Waals surface area contributed by atoms with Crippen LogP contribution < -0.4 is 0 Å². The smallest absolute Gasteiger partial charge is 0.123 e. The maximum atomic E-state index is 5.58. The molecule has 2 nitrogen and oxygen atoms in total. The van der Waals surface area contributed by atoms with E-state index in [-0.39, 0.29) is 6.10 Å². The van der Waals surface area contributed by atoms with Crippen LogP contribution >= 0.6 is 11.3 Å². The molecule has 2 heterocycles. The van der Waals surface area contributed by atoms with Crippen molar-refractivity contribution in [2.24, 2.45) is 0 Å². The molecule has 0 amide bonds. The summed E-state index contributed by atoms with van der Waals surface area (Å²) in [5, 5.41) is 3.29. The first kappa shape index (κ1) is 9.62. The minimum atomic E-state index is 0.153. The molecule has 2 aromatic heterocycles. The van der Waals surface area contributed by atoms with Crippen LogP contribution in [0.25, 0.3) is 10.2 Å². The maximum Gasteiger partial charge on any atom is 0.123 e. The second-order valence-corrected chi connectivity index (χ2v) is 4.03. The van der Waals surface area contributed by atoms with E-state index in [2.05, 4.69) is 23.4 Å². The molecular formula is C11H13NOS. The summed E-state index contributed by atoms with van der Waals surface area (Å²) in [5.41, 5.74) is 1.23. The van der Waals surface area contributed by atoms with Crippen LogP contribution in [-0.2, 0) is 4.74 Å². The molecule has 1 atom stereocenters. The van der Waals surface area contributed by atoms with Gasteiger partial charge in [0.15, 0.2) is 0 Å². The average molecular weight is 207 g/mol. The molecule has 0 saturated heterocycles. The van der Waals surface area contributed by atoms with Gasteiger partial charge in [0.1, 0.15) is 4.83 Å². The highest BCUT2D eigenvalue weighted by Gasteiger charge is 2.09. The maximum absolute atomic E-state index is 5.58. The third kappa shape index (κ3) is 1.65. The molecule has 0 aromatic carbocycles. The van der Waals surface area contributed by atoms with Crippen LogP contribution in [0.3, 0.4) is 0 Å². The Morgan fingerprint density at radius 3 is 3.14 bits per heavy atom. The predicted octanol–water partition coefficient (Wildman–Crippen LogP) is 3.39. The van der Waals surface area contributed by atoms with Crippen LogP contribution in [0.4, 0.5) is 0 Å². The number of hydrogen-bond donors (Lipinski definition) is 0. The number of aromatic nitrogens is 1. The molecule has 2 rings (SSSR count). The van der Waals surface area contributed by atoms with Crippen molar-refractivity contribution in [3.63, 3.8) is 0 Å². The minimum absolute atomic E-state index is 0.153. The lowest BCUT2D eigenvalue weighted by molar-refractivity contribution is 0.0774. The summed E-state index contributed by atoms with van der Waals surface area (Å²) in [6, 6.07) is 4.15. The van der Waals surface area contributed by atoms with E-state index < -0.39 is 0 Å². The number of pyridine rings is 1. The van der Waals surface area contributed by atoms with Gasteiger partial charge >= 0.3 is 0 Å². The van der Waals surface area contributed by atoms with Crippen molar-refractivity contribution in [1.82, 2.24) is 4.98 Å². The summed E-state index contributed by atoms with van der Waals surface area (Å²) < 4.78 is 5.58. The number of hydrogen-bond acceptors (Lipinski definition) is 3. The monoisotopic (exact) mass is 207 g/mol. The lowest BCUT2D eigenvalue weighted by Gasteiger charge is -2.12. The van der Waals surface area contributed by atoms with E-state index >= 15 is 0 Å². The topological polar surface area (TPSA) is 22.1 Å². The first-order valence-corrected chi connectivity index (χ1v) is 5.64. The van der Waals surface area contributed by atoms with Gasteiger partial charge in [0, 0.05) is 18.2 Å². The molecule has 74 valence electrons. The Kier molecular flexibility index (Phi) is 2.79. The van der Waals surface area contributed by atoms with Crippen LogP contribution in [0, 0.1) is 0 Å². The molecule has 0 aliphatic rings. The number of ether oxygens (including phenoxy) is 1. The van der Waals surface area contributed by atoms with Crippen LogP contribution in [0.5, 0.6) is 0 Å². The molecule has 0 radical (unpaired) electrons. The highest BCUT2D eigenvalue weighted by molar-refractivity contribution is 7.16. The van der Waals surface area contributed by atoms with E-state index in [1.54, 1.807) is 11.3 Å². The van der Waals surface area contributed by atoms with Crippen molar-refractivity contribution in [3.8, 4) is 0 Å². The molecule has 2 aromatic rings. The average Bonchev–Trinajstić information content (AvgIpc) is 2.65. The van der Waals surface area contributed by atoms with Gasteiger partial charge in [0.25, 0.3) is 0 Å². The Bertz CT molecular complexity index is 424. The van der Waals surface area contributed by atoms with E-state index in [1.165, 1.54) is 10.9 Å². The van der Waals surface area contributed by atoms with E-state index in [9.17, 15) is 0 Å². The fraction of sp³-hybridized carbons (Fsp3) is 0.364. The zero-order chi connectivity index (χ0) is 9.97. The molecule has 0 bridgehead atoms. The van der Waals surface area contributed by atoms with Gasteiger partial charge in [0.05, 0.1) is 6.10 Å². The van der Waals surface area contributed by atoms with Crippen LogP contribution in [0.15, 0.2) is 23.7 Å². The molecule has 0 aliphatic carbocycles. The summed E-state index contributed by atoms with van der Waals surface area (Å²) in [5.74, 6) is 0. The summed E-state index contributed by atoms with van der Waals surface area (Å²) in [4.78, 5) is 5.40. The van der Waals surface area contributed by atoms with Gasteiger partial charge in [-0.2, -0.15) is 0 Å². The van der Waals surface area contributed by atoms with Crippen molar-refractivity contribution in [2.45, 2.75) is 20.0 Å². The first-order valence-electron chi connectivity index (χ1n) is 4.76. The van der Waals surface area contributed by atoms with Crippen molar-refractivity contribution < 1.29 is 4.74 Å². The summed E-state index contributed by atoms with van der Waals surface area (Å²) in [6.45, 7) is 4.84. The summed E-state index contributed by atoms with van der Waals surface area (Å²) in [6.07, 6.45) is 2.00. The fourth-order valence-corrected chi connectivity index (χ4v) is 2.36. The Labute approximate surface area is 87.5 Å². The molecule has 0 fully saturated rings. The first-order chi connectivity index (χ1) is 6.83. The van der Waals surface area contributed by atoms with Gasteiger partial charge in [-0.15, -0.1) is 11.3 Å². The van der Waals surface area contributed by atoms with E-state index in [1.807, 2.05) is 19.2 Å². The normalized spacial score (nSPS) is 13.3. The zero-order valence-electron chi connectivity index (χ0n) is 8.36. The third-order valence-electron chi connectivity index (χ3n) is 2.26. The SMILES string of the molecule is CCOC(C)c1ccnc2sccc12. The fourth-order valence-electron chi connectivity index (χ4n) is 1.59. The van der Waals surface area contributed by atoms with Crippen molar-refractivity contribution in [2.75, 3.05) is 6.61 Å². The lowest BCUT2D eigenvalue weighted by atomic mass is 10.1. The van der Waals surface area contributed by atoms with Crippen LogP contribution in [0.2, 0.25) is 0 Å². The lowest BCUT2D eigenvalue weighted by Crippen LogP contribution is -1.99. The van der Waals surface area contributed by atoms with Gasteiger partial charge in [-0.1, -0.05) is 0 Å². The third-order valence-corrected chi connectivity index (χ3v) is 3.08. The van der Waals surface area contributed by atoms with Gasteiger partial charge < -0.3 is 4.74 Å². The largest absolute Gasteiger partial charge is 0.374 e. The van der Waals surface area contributed by atoms with E-state index in [0.29, 0.717) is 0 Å². The highest BCUT2D eigenvalue weighted by atomic mass is 32.1. The quantitative estimate of drug-likeness (QED) is 0.769. The Hall–Kier alpha value is -0.930. The molecular weight excluding hydrogens is 194 g/mol. The zero-order valence-corrected chi connectivity index (χ0v) is 9.17. The Morgan fingerprint density at radius 1 is 1.50 bits per heavy atom. The summed E-state index contributed by atoms with van der Waals surface area (Å²) >= 11 is 1.67. The second-order valence-electron chi connectivity index (χ2n) is 3.14. The number of thiophene rings is 1. The molecule has 14 heavy (non-hydrogen) atoms. The van der Waals surface area contributed by atoms with E-state index in [0.717, 1.165) is 11.4 Å². The van der Waals surface area contributed by atoms with Gasteiger partial charge in [-0.3, -0.25) is 0 Å². The molecule has 1 unspecified atom stereocenters. The van der Waals surface area contributed by atoms with Gasteiger partial charge in [-0.05, 0) is 36.9 Å². The van der Waals surface area contributed by atoms with Gasteiger partial charge in [0.2, 0.25) is 0 Å².